The van der Waals surface area contributed by atoms with E-state index in [0.29, 0.717) is 11.8 Å². The van der Waals surface area contributed by atoms with Crippen molar-refractivity contribution in [3.8, 4) is 0 Å². The van der Waals surface area contributed by atoms with Crippen LogP contribution in [0, 0.1) is 0 Å². The molecule has 0 bridgehead atoms. The van der Waals surface area contributed by atoms with E-state index in [-0.39, 0.29) is 0 Å². The van der Waals surface area contributed by atoms with Gasteiger partial charge in [0, 0.05) is 5.92 Å². The van der Waals surface area contributed by atoms with E-state index in [1.54, 1.807) is 0 Å². The molecule has 1 aliphatic carbocycles. The number of imidazole rings is 1. The van der Waals surface area contributed by atoms with E-state index in [9.17, 15) is 0 Å². The van der Waals surface area contributed by atoms with Crippen molar-refractivity contribution < 1.29 is 0 Å². The molecule has 2 rings (SSSR count). The Morgan fingerprint density at radius 2 is 2.15 bits per heavy atom. The smallest absolute Gasteiger partial charge is 0.128 e. The summed E-state index contributed by atoms with van der Waals surface area (Å²) in [6.07, 6.45) is 5.20. The fraction of sp³-hybridized carbons (Fsp3) is 0.667. The molecule has 1 aromatic heterocycles. The van der Waals surface area contributed by atoms with Crippen LogP contribution in [0.25, 0.3) is 0 Å². The molecular formula is C9H12BrClN2. The zero-order chi connectivity index (χ0) is 9.26. The Labute approximate surface area is 91.2 Å². The largest absolute Gasteiger partial charge is 0.344 e. The zero-order valence-electron chi connectivity index (χ0n) is 7.32. The second-order valence-corrected chi connectivity index (χ2v) is 4.52. The minimum Gasteiger partial charge on any atom is -0.344 e. The lowest BCUT2D eigenvalue weighted by molar-refractivity contribution is 0.676. The highest BCUT2D eigenvalue weighted by Gasteiger charge is 2.21. The van der Waals surface area contributed by atoms with E-state index in [1.807, 2.05) is 0 Å². The number of hydrogen-bond donors (Lipinski definition) is 1. The quantitative estimate of drug-likeness (QED) is 0.812. The molecule has 13 heavy (non-hydrogen) atoms. The van der Waals surface area contributed by atoms with Gasteiger partial charge >= 0.3 is 0 Å². The topological polar surface area (TPSA) is 28.7 Å². The van der Waals surface area contributed by atoms with Gasteiger partial charge in [-0.2, -0.15) is 0 Å². The van der Waals surface area contributed by atoms with Gasteiger partial charge in [-0.15, -0.1) is 11.6 Å². The third-order valence-corrected chi connectivity index (χ3v) is 3.55. The van der Waals surface area contributed by atoms with Gasteiger partial charge < -0.3 is 4.98 Å². The van der Waals surface area contributed by atoms with Crippen molar-refractivity contribution in [2.45, 2.75) is 37.5 Å². The average Bonchev–Trinajstić information content (AvgIpc) is 2.71. The van der Waals surface area contributed by atoms with Crippen molar-refractivity contribution in [3.05, 3.63) is 16.1 Å². The Morgan fingerprint density at radius 1 is 1.46 bits per heavy atom. The van der Waals surface area contributed by atoms with Crippen molar-refractivity contribution >= 4 is 27.5 Å². The van der Waals surface area contributed by atoms with Crippen LogP contribution in [0.1, 0.15) is 43.1 Å². The van der Waals surface area contributed by atoms with Crippen LogP contribution in [0.3, 0.4) is 0 Å². The highest BCUT2D eigenvalue weighted by Crippen LogP contribution is 2.33. The molecule has 1 aromatic rings. The number of nitrogens with one attached hydrogen (secondary N) is 1. The monoisotopic (exact) mass is 262 g/mol. The van der Waals surface area contributed by atoms with Gasteiger partial charge in [-0.25, -0.2) is 4.98 Å². The van der Waals surface area contributed by atoms with Crippen molar-refractivity contribution in [2.75, 3.05) is 0 Å². The second-order valence-electron chi connectivity index (χ2n) is 3.51. The Hall–Kier alpha value is -0.0200. The third kappa shape index (κ3) is 1.91. The number of rotatable bonds is 2. The van der Waals surface area contributed by atoms with Crippen molar-refractivity contribution in [1.29, 1.82) is 0 Å². The number of aromatic nitrogens is 2. The molecule has 0 atom stereocenters. The minimum atomic E-state index is 0.500. The first kappa shape index (κ1) is 9.53. The van der Waals surface area contributed by atoms with Gasteiger partial charge in [0.15, 0.2) is 0 Å². The molecule has 1 heterocycles. The summed E-state index contributed by atoms with van der Waals surface area (Å²) >= 11 is 9.15. The Kier molecular flexibility index (Phi) is 2.94. The number of hydrogen-bond acceptors (Lipinski definition) is 1. The highest BCUT2D eigenvalue weighted by molar-refractivity contribution is 9.10. The molecule has 72 valence electrons. The van der Waals surface area contributed by atoms with E-state index < -0.39 is 0 Å². The van der Waals surface area contributed by atoms with Gasteiger partial charge in [0.05, 0.1) is 11.6 Å². The summed E-state index contributed by atoms with van der Waals surface area (Å²) in [7, 11) is 0. The standard InChI is InChI=1S/C9H12BrClN2/c10-8-7(5-11)12-9(13-8)6-3-1-2-4-6/h6H,1-5H2,(H,12,13). The Bertz CT molecular complexity index is 292. The van der Waals surface area contributed by atoms with E-state index in [1.165, 1.54) is 25.7 Å². The van der Waals surface area contributed by atoms with Gasteiger partial charge in [-0.3, -0.25) is 0 Å². The molecule has 0 aliphatic heterocycles. The maximum absolute atomic E-state index is 5.75. The van der Waals surface area contributed by atoms with Crippen LogP contribution in [0.4, 0.5) is 0 Å². The molecule has 1 saturated carbocycles. The van der Waals surface area contributed by atoms with E-state index >= 15 is 0 Å². The molecule has 0 amide bonds. The lowest BCUT2D eigenvalue weighted by Gasteiger charge is -2.02. The molecule has 0 aromatic carbocycles. The van der Waals surface area contributed by atoms with Crippen LogP contribution >= 0.6 is 27.5 Å². The van der Waals surface area contributed by atoms with Crippen molar-refractivity contribution in [2.24, 2.45) is 0 Å². The summed E-state index contributed by atoms with van der Waals surface area (Å²) in [5, 5.41) is 0. The van der Waals surface area contributed by atoms with Crippen molar-refractivity contribution in [3.63, 3.8) is 0 Å². The molecule has 2 nitrogen and oxygen atoms in total. The molecule has 0 spiro atoms. The predicted molar refractivity (Wildman–Crippen MR) is 57.1 cm³/mol. The fourth-order valence-corrected chi connectivity index (χ4v) is 2.67. The van der Waals surface area contributed by atoms with E-state index in [2.05, 4.69) is 25.9 Å². The average molecular weight is 264 g/mol. The number of halogens is 2. The fourth-order valence-electron chi connectivity index (χ4n) is 1.89. The molecule has 0 unspecified atom stereocenters. The molecule has 1 N–H and O–H groups in total. The van der Waals surface area contributed by atoms with Gasteiger partial charge in [-0.05, 0) is 28.8 Å². The van der Waals surface area contributed by atoms with Crippen LogP contribution < -0.4 is 0 Å². The van der Waals surface area contributed by atoms with Gasteiger partial charge in [0.25, 0.3) is 0 Å². The molecule has 0 saturated heterocycles. The number of alkyl halides is 1. The van der Waals surface area contributed by atoms with Crippen LogP contribution in [-0.4, -0.2) is 9.97 Å². The lowest BCUT2D eigenvalue weighted by atomic mass is 10.1. The first-order valence-electron chi connectivity index (χ1n) is 4.61. The van der Waals surface area contributed by atoms with Gasteiger partial charge in [0.2, 0.25) is 0 Å². The molecule has 4 heteroatoms. The summed E-state index contributed by atoms with van der Waals surface area (Å²) in [5.41, 5.74) is 1.00. The maximum atomic E-state index is 5.75. The van der Waals surface area contributed by atoms with Gasteiger partial charge in [-0.1, -0.05) is 12.8 Å². The molecule has 1 aliphatic rings. The van der Waals surface area contributed by atoms with E-state index in [0.717, 1.165) is 16.1 Å². The van der Waals surface area contributed by atoms with E-state index in [4.69, 9.17) is 11.6 Å². The summed E-state index contributed by atoms with van der Waals surface area (Å²) in [6.45, 7) is 0. The first-order valence-corrected chi connectivity index (χ1v) is 5.94. The number of H-pyrrole nitrogens is 1. The number of aromatic amines is 1. The lowest BCUT2D eigenvalue weighted by Crippen LogP contribution is -1.94. The second kappa shape index (κ2) is 4.01. The van der Waals surface area contributed by atoms with Crippen LogP contribution in [0.5, 0.6) is 0 Å². The number of nitrogens with zero attached hydrogens (tertiary/aromatic N) is 1. The normalized spacial score (nSPS) is 18.3. The third-order valence-electron chi connectivity index (χ3n) is 2.62. The Morgan fingerprint density at radius 3 is 2.69 bits per heavy atom. The van der Waals surface area contributed by atoms with Crippen LogP contribution in [0.2, 0.25) is 0 Å². The van der Waals surface area contributed by atoms with Crippen LogP contribution in [-0.2, 0) is 5.88 Å². The SMILES string of the molecule is ClCc1[nH]c(C2CCCC2)nc1Br. The molecule has 1 fully saturated rings. The zero-order valence-corrected chi connectivity index (χ0v) is 9.66. The molecule has 0 radical (unpaired) electrons. The highest BCUT2D eigenvalue weighted by atomic mass is 79.9. The minimum absolute atomic E-state index is 0.500. The molecular weight excluding hydrogens is 251 g/mol. The summed E-state index contributed by atoms with van der Waals surface area (Å²) in [6, 6.07) is 0. The van der Waals surface area contributed by atoms with Crippen LogP contribution in [0.15, 0.2) is 4.60 Å². The summed E-state index contributed by atoms with van der Waals surface area (Å²) in [4.78, 5) is 7.72. The Balaban J connectivity index is 2.20. The summed E-state index contributed by atoms with van der Waals surface area (Å²) in [5.74, 6) is 2.24. The van der Waals surface area contributed by atoms with Crippen molar-refractivity contribution in [1.82, 2.24) is 9.97 Å². The van der Waals surface area contributed by atoms with Gasteiger partial charge in [0.1, 0.15) is 10.4 Å². The summed E-state index contributed by atoms with van der Waals surface area (Å²) < 4.78 is 0.879. The maximum Gasteiger partial charge on any atom is 0.128 e. The first-order chi connectivity index (χ1) is 6.31. The predicted octanol–water partition coefficient (Wildman–Crippen LogP) is 3.57.